The maximum Gasteiger partial charge on any atom is 0.325 e. The second kappa shape index (κ2) is 4.75. The number of nitrogens with zero attached hydrogens (tertiary/aromatic N) is 1. The summed E-state index contributed by atoms with van der Waals surface area (Å²) in [6.45, 7) is 1.60. The van der Waals surface area contributed by atoms with E-state index in [0.717, 1.165) is 43.4 Å². The number of carbonyl (C=O) groups excluding carboxylic acids is 3. The highest BCUT2D eigenvalue weighted by Gasteiger charge is 2.56. The fourth-order valence-electron chi connectivity index (χ4n) is 3.28. The van der Waals surface area contributed by atoms with Gasteiger partial charge in [0.15, 0.2) is 0 Å². The van der Waals surface area contributed by atoms with Crippen molar-refractivity contribution in [3.8, 4) is 0 Å². The molecule has 2 N–H and O–H groups in total. The Bertz CT molecular complexity index is 455. The van der Waals surface area contributed by atoms with Crippen LogP contribution in [0.2, 0.25) is 0 Å². The zero-order valence-electron chi connectivity index (χ0n) is 11.8. The number of hydrogen-bond donors (Lipinski definition) is 2. The van der Waals surface area contributed by atoms with Crippen LogP contribution in [0.15, 0.2) is 0 Å². The number of rotatable bonds is 4. The van der Waals surface area contributed by atoms with Crippen LogP contribution in [-0.4, -0.2) is 40.9 Å². The second-order valence-electron chi connectivity index (χ2n) is 6.35. The molecule has 6 heteroatoms. The standard InChI is InChI=1S/C14H21N3O3/c1-14(9-6-7-9)12(19)17(13(20)16-14)8-11(18)15-10-4-2-3-5-10/h9-10H,2-8H2,1H3,(H,15,18)(H,16,20). The second-order valence-corrected chi connectivity index (χ2v) is 6.35. The lowest BCUT2D eigenvalue weighted by Crippen LogP contribution is -2.47. The fourth-order valence-corrected chi connectivity index (χ4v) is 3.28. The van der Waals surface area contributed by atoms with Gasteiger partial charge in [-0.3, -0.25) is 14.5 Å². The SMILES string of the molecule is CC1(C2CC2)NC(=O)N(CC(=O)NC2CCCC2)C1=O. The topological polar surface area (TPSA) is 78.5 Å². The minimum Gasteiger partial charge on any atom is -0.352 e. The van der Waals surface area contributed by atoms with Crippen LogP contribution in [0.1, 0.15) is 45.4 Å². The van der Waals surface area contributed by atoms with E-state index in [1.165, 1.54) is 0 Å². The Kier molecular flexibility index (Phi) is 3.18. The monoisotopic (exact) mass is 279 g/mol. The van der Waals surface area contributed by atoms with E-state index in [2.05, 4.69) is 10.6 Å². The summed E-state index contributed by atoms with van der Waals surface area (Å²) in [6, 6.07) is -0.232. The Morgan fingerprint density at radius 2 is 1.95 bits per heavy atom. The third-order valence-corrected chi connectivity index (χ3v) is 4.72. The molecule has 110 valence electrons. The van der Waals surface area contributed by atoms with Gasteiger partial charge in [-0.05, 0) is 38.5 Å². The summed E-state index contributed by atoms with van der Waals surface area (Å²) in [7, 11) is 0. The summed E-state index contributed by atoms with van der Waals surface area (Å²) in [5.41, 5.74) is -0.801. The van der Waals surface area contributed by atoms with Crippen LogP contribution < -0.4 is 10.6 Å². The first kappa shape index (κ1) is 13.4. The lowest BCUT2D eigenvalue weighted by atomic mass is 9.96. The van der Waals surface area contributed by atoms with Gasteiger partial charge in [0.1, 0.15) is 12.1 Å². The van der Waals surface area contributed by atoms with Gasteiger partial charge >= 0.3 is 6.03 Å². The normalized spacial score (nSPS) is 30.8. The Morgan fingerprint density at radius 1 is 1.30 bits per heavy atom. The molecule has 4 amide bonds. The van der Waals surface area contributed by atoms with Crippen LogP contribution in [0.25, 0.3) is 0 Å². The molecule has 3 aliphatic rings. The van der Waals surface area contributed by atoms with Gasteiger partial charge in [-0.15, -0.1) is 0 Å². The molecule has 0 aromatic rings. The van der Waals surface area contributed by atoms with Gasteiger partial charge in [-0.25, -0.2) is 4.79 Å². The van der Waals surface area contributed by atoms with Gasteiger partial charge in [-0.2, -0.15) is 0 Å². The number of hydrogen-bond acceptors (Lipinski definition) is 3. The van der Waals surface area contributed by atoms with E-state index in [1.54, 1.807) is 6.92 Å². The molecule has 0 aromatic heterocycles. The third-order valence-electron chi connectivity index (χ3n) is 4.72. The van der Waals surface area contributed by atoms with Gasteiger partial charge in [0.05, 0.1) is 0 Å². The van der Waals surface area contributed by atoms with Crippen molar-refractivity contribution in [2.75, 3.05) is 6.54 Å². The van der Waals surface area contributed by atoms with Crippen LogP contribution >= 0.6 is 0 Å². The number of imide groups is 1. The molecule has 1 saturated heterocycles. The highest BCUT2D eigenvalue weighted by atomic mass is 16.2. The molecule has 1 heterocycles. The predicted molar refractivity (Wildman–Crippen MR) is 71.8 cm³/mol. The first-order chi connectivity index (χ1) is 9.50. The molecule has 0 bridgehead atoms. The Balaban J connectivity index is 1.60. The number of carbonyl (C=O) groups is 3. The van der Waals surface area contributed by atoms with Gasteiger partial charge in [0.2, 0.25) is 5.91 Å². The smallest absolute Gasteiger partial charge is 0.325 e. The van der Waals surface area contributed by atoms with Crippen LogP contribution in [0, 0.1) is 5.92 Å². The zero-order chi connectivity index (χ0) is 14.3. The summed E-state index contributed by atoms with van der Waals surface area (Å²) in [5.74, 6) is -0.270. The molecule has 1 unspecified atom stereocenters. The van der Waals surface area contributed by atoms with Gasteiger partial charge in [0.25, 0.3) is 5.91 Å². The summed E-state index contributed by atoms with van der Waals surface area (Å²) < 4.78 is 0. The van der Waals surface area contributed by atoms with Crippen molar-refractivity contribution in [2.24, 2.45) is 5.92 Å². The Labute approximate surface area is 118 Å². The van der Waals surface area contributed by atoms with E-state index >= 15 is 0 Å². The van der Waals surface area contributed by atoms with Gasteiger partial charge < -0.3 is 10.6 Å². The van der Waals surface area contributed by atoms with Crippen LogP contribution in [0.4, 0.5) is 4.79 Å². The summed E-state index contributed by atoms with van der Waals surface area (Å²) in [6.07, 6.45) is 6.17. The quantitative estimate of drug-likeness (QED) is 0.746. The van der Waals surface area contributed by atoms with Gasteiger partial charge in [0, 0.05) is 6.04 Å². The Morgan fingerprint density at radius 3 is 2.55 bits per heavy atom. The maximum absolute atomic E-state index is 12.4. The third kappa shape index (κ3) is 2.27. The van der Waals surface area contributed by atoms with Gasteiger partial charge in [-0.1, -0.05) is 12.8 Å². The van der Waals surface area contributed by atoms with Crippen molar-refractivity contribution in [3.63, 3.8) is 0 Å². The first-order valence-corrected chi connectivity index (χ1v) is 7.44. The van der Waals surface area contributed by atoms with E-state index in [-0.39, 0.29) is 30.3 Å². The average Bonchev–Trinajstić information content (AvgIpc) is 3.10. The van der Waals surface area contributed by atoms with Crippen LogP contribution in [-0.2, 0) is 9.59 Å². The molecule has 0 spiro atoms. The van der Waals surface area contributed by atoms with E-state index in [4.69, 9.17) is 0 Å². The van der Waals surface area contributed by atoms with E-state index in [0.29, 0.717) is 0 Å². The summed E-state index contributed by atoms with van der Waals surface area (Å²) >= 11 is 0. The van der Waals surface area contributed by atoms with Crippen LogP contribution in [0.3, 0.4) is 0 Å². The van der Waals surface area contributed by atoms with Crippen molar-refractivity contribution in [1.29, 1.82) is 0 Å². The maximum atomic E-state index is 12.4. The van der Waals surface area contributed by atoms with E-state index in [1.807, 2.05) is 0 Å². The molecule has 3 rings (SSSR count). The minimum absolute atomic E-state index is 0.163. The largest absolute Gasteiger partial charge is 0.352 e. The molecule has 6 nitrogen and oxygen atoms in total. The lowest BCUT2D eigenvalue weighted by molar-refractivity contribution is -0.135. The Hall–Kier alpha value is -1.59. The predicted octanol–water partition coefficient (Wildman–Crippen LogP) is 0.766. The van der Waals surface area contributed by atoms with Crippen molar-refractivity contribution >= 4 is 17.8 Å². The number of amides is 4. The highest BCUT2D eigenvalue weighted by Crippen LogP contribution is 2.42. The zero-order valence-corrected chi connectivity index (χ0v) is 11.8. The highest BCUT2D eigenvalue weighted by molar-refractivity contribution is 6.09. The van der Waals surface area contributed by atoms with E-state index in [9.17, 15) is 14.4 Å². The summed E-state index contributed by atoms with van der Waals surface area (Å²) in [5, 5.41) is 5.65. The summed E-state index contributed by atoms with van der Waals surface area (Å²) in [4.78, 5) is 37.3. The fraction of sp³-hybridized carbons (Fsp3) is 0.786. The molecule has 0 aromatic carbocycles. The van der Waals surface area contributed by atoms with Crippen molar-refractivity contribution < 1.29 is 14.4 Å². The molecule has 2 saturated carbocycles. The number of urea groups is 1. The molecule has 1 atom stereocenters. The molecular formula is C14H21N3O3. The van der Waals surface area contributed by atoms with Crippen molar-refractivity contribution in [3.05, 3.63) is 0 Å². The molecular weight excluding hydrogens is 258 g/mol. The number of nitrogens with one attached hydrogen (secondary N) is 2. The lowest BCUT2D eigenvalue weighted by Gasteiger charge is -2.21. The molecule has 20 heavy (non-hydrogen) atoms. The van der Waals surface area contributed by atoms with Crippen molar-refractivity contribution in [1.82, 2.24) is 15.5 Å². The van der Waals surface area contributed by atoms with Crippen molar-refractivity contribution in [2.45, 2.75) is 57.0 Å². The molecule has 0 radical (unpaired) electrons. The molecule has 2 aliphatic carbocycles. The average molecular weight is 279 g/mol. The molecule has 1 aliphatic heterocycles. The van der Waals surface area contributed by atoms with Crippen LogP contribution in [0.5, 0.6) is 0 Å². The first-order valence-electron chi connectivity index (χ1n) is 7.44. The van der Waals surface area contributed by atoms with E-state index < -0.39 is 11.6 Å². The minimum atomic E-state index is -0.801. The molecule has 3 fully saturated rings.